The van der Waals surface area contributed by atoms with Crippen molar-refractivity contribution >= 4 is 12.4 Å². The van der Waals surface area contributed by atoms with E-state index in [1.807, 2.05) is 0 Å². The summed E-state index contributed by atoms with van der Waals surface area (Å²) in [6, 6.07) is 0. The van der Waals surface area contributed by atoms with E-state index in [9.17, 15) is 0 Å². The second-order valence-electron chi connectivity index (χ2n) is 3.75. The van der Waals surface area contributed by atoms with Gasteiger partial charge in [0.05, 0.1) is 6.10 Å². The molecular formula is C9H18ClNO. The molecule has 3 heteroatoms. The van der Waals surface area contributed by atoms with E-state index in [2.05, 4.69) is 5.32 Å². The van der Waals surface area contributed by atoms with Crippen molar-refractivity contribution in [2.75, 3.05) is 19.7 Å². The fourth-order valence-electron chi connectivity index (χ4n) is 1.52. The Hall–Kier alpha value is 0.210. The highest BCUT2D eigenvalue weighted by molar-refractivity contribution is 5.85. The van der Waals surface area contributed by atoms with Gasteiger partial charge in [0.2, 0.25) is 0 Å². The van der Waals surface area contributed by atoms with Crippen LogP contribution in [0.1, 0.15) is 25.7 Å². The van der Waals surface area contributed by atoms with E-state index < -0.39 is 0 Å². The van der Waals surface area contributed by atoms with Gasteiger partial charge < -0.3 is 10.1 Å². The van der Waals surface area contributed by atoms with E-state index >= 15 is 0 Å². The molecule has 0 amide bonds. The summed E-state index contributed by atoms with van der Waals surface area (Å²) < 4.78 is 5.74. The van der Waals surface area contributed by atoms with E-state index in [1.165, 1.54) is 32.2 Å². The minimum Gasteiger partial charge on any atom is -0.377 e. The Morgan fingerprint density at radius 2 is 2.08 bits per heavy atom. The molecule has 0 aromatic carbocycles. The van der Waals surface area contributed by atoms with Crippen molar-refractivity contribution in [3.8, 4) is 0 Å². The summed E-state index contributed by atoms with van der Waals surface area (Å²) in [6.07, 6.45) is 5.87. The molecule has 2 nitrogen and oxygen atoms in total. The maximum absolute atomic E-state index is 5.74. The summed E-state index contributed by atoms with van der Waals surface area (Å²) in [4.78, 5) is 0. The smallest absolute Gasteiger partial charge is 0.0700 e. The number of ether oxygens (including phenoxy) is 1. The number of rotatable bonds is 3. The average Bonchev–Trinajstić information content (AvgIpc) is 2.86. The molecule has 2 rings (SSSR count). The Balaban J connectivity index is 0.000000720. The Bertz CT molecular complexity index is 122. The van der Waals surface area contributed by atoms with Crippen molar-refractivity contribution in [3.05, 3.63) is 0 Å². The van der Waals surface area contributed by atoms with Gasteiger partial charge in [-0.1, -0.05) is 0 Å². The molecule has 0 aromatic rings. The number of hydrogen-bond acceptors (Lipinski definition) is 2. The van der Waals surface area contributed by atoms with Gasteiger partial charge in [0.15, 0.2) is 0 Å². The number of piperidine rings is 1. The van der Waals surface area contributed by atoms with Crippen LogP contribution in [0.4, 0.5) is 0 Å². The van der Waals surface area contributed by atoms with E-state index in [0.29, 0.717) is 6.10 Å². The van der Waals surface area contributed by atoms with E-state index in [0.717, 1.165) is 19.1 Å². The molecule has 0 spiro atoms. The maximum atomic E-state index is 5.74. The highest BCUT2D eigenvalue weighted by Crippen LogP contribution is 2.29. The molecule has 1 aliphatic carbocycles. The quantitative estimate of drug-likeness (QED) is 0.732. The van der Waals surface area contributed by atoms with Crippen molar-refractivity contribution in [1.29, 1.82) is 0 Å². The van der Waals surface area contributed by atoms with Crippen LogP contribution in [-0.2, 0) is 4.74 Å². The highest BCUT2D eigenvalue weighted by Gasteiger charge is 2.23. The molecule has 1 saturated carbocycles. The third-order valence-electron chi connectivity index (χ3n) is 2.52. The van der Waals surface area contributed by atoms with Gasteiger partial charge in [-0.3, -0.25) is 0 Å². The van der Waals surface area contributed by atoms with Crippen LogP contribution >= 0.6 is 12.4 Å². The van der Waals surface area contributed by atoms with Crippen LogP contribution in [-0.4, -0.2) is 25.8 Å². The molecule has 1 unspecified atom stereocenters. The normalized spacial score (nSPS) is 29.5. The first kappa shape index (κ1) is 10.3. The van der Waals surface area contributed by atoms with Gasteiger partial charge in [-0.15, -0.1) is 12.4 Å². The Labute approximate surface area is 80.5 Å². The third-order valence-corrected chi connectivity index (χ3v) is 2.52. The summed E-state index contributed by atoms with van der Waals surface area (Å²) in [5.41, 5.74) is 0. The maximum Gasteiger partial charge on any atom is 0.0700 e. The molecule has 12 heavy (non-hydrogen) atoms. The third kappa shape index (κ3) is 3.30. The number of halogens is 1. The molecule has 2 fully saturated rings. The van der Waals surface area contributed by atoms with Gasteiger partial charge >= 0.3 is 0 Å². The fourth-order valence-corrected chi connectivity index (χ4v) is 1.52. The zero-order valence-corrected chi connectivity index (χ0v) is 8.24. The molecule has 0 radical (unpaired) electrons. The van der Waals surface area contributed by atoms with Crippen LogP contribution in [0.25, 0.3) is 0 Å². The lowest BCUT2D eigenvalue weighted by molar-refractivity contribution is 0.0306. The SMILES string of the molecule is C1CNCC(OCC2CC2)C1.Cl. The second kappa shape index (κ2) is 5.05. The minimum atomic E-state index is 0. The molecular weight excluding hydrogens is 174 g/mol. The van der Waals surface area contributed by atoms with Crippen LogP contribution in [0.5, 0.6) is 0 Å². The largest absolute Gasteiger partial charge is 0.377 e. The van der Waals surface area contributed by atoms with Crippen LogP contribution in [0, 0.1) is 5.92 Å². The first-order valence-electron chi connectivity index (χ1n) is 4.77. The average molecular weight is 192 g/mol. The molecule has 1 heterocycles. The number of nitrogens with one attached hydrogen (secondary N) is 1. The van der Waals surface area contributed by atoms with Crippen molar-refractivity contribution < 1.29 is 4.74 Å². The molecule has 1 N–H and O–H groups in total. The van der Waals surface area contributed by atoms with E-state index in [4.69, 9.17) is 4.74 Å². The lowest BCUT2D eigenvalue weighted by Gasteiger charge is -2.22. The minimum absolute atomic E-state index is 0. The van der Waals surface area contributed by atoms with Gasteiger partial charge in [0.25, 0.3) is 0 Å². The van der Waals surface area contributed by atoms with E-state index in [1.54, 1.807) is 0 Å². The Morgan fingerprint density at radius 3 is 2.67 bits per heavy atom. The van der Waals surface area contributed by atoms with Crippen LogP contribution in [0.2, 0.25) is 0 Å². The monoisotopic (exact) mass is 191 g/mol. The molecule has 1 saturated heterocycles. The molecule has 1 aliphatic heterocycles. The van der Waals surface area contributed by atoms with Crippen LogP contribution in [0.15, 0.2) is 0 Å². The zero-order chi connectivity index (χ0) is 7.52. The topological polar surface area (TPSA) is 21.3 Å². The van der Waals surface area contributed by atoms with Crippen molar-refractivity contribution in [2.24, 2.45) is 5.92 Å². The molecule has 0 bridgehead atoms. The second-order valence-corrected chi connectivity index (χ2v) is 3.75. The lowest BCUT2D eigenvalue weighted by Crippen LogP contribution is -2.35. The molecule has 0 aromatic heterocycles. The zero-order valence-electron chi connectivity index (χ0n) is 7.42. The van der Waals surface area contributed by atoms with Crippen LogP contribution in [0.3, 0.4) is 0 Å². The van der Waals surface area contributed by atoms with Gasteiger partial charge in [-0.2, -0.15) is 0 Å². The summed E-state index contributed by atoms with van der Waals surface area (Å²) >= 11 is 0. The number of hydrogen-bond donors (Lipinski definition) is 1. The standard InChI is InChI=1S/C9H17NO.ClH/c1-2-9(6-10-5-1)11-7-8-3-4-8;/h8-10H,1-7H2;1H. The Kier molecular flexibility index (Phi) is 4.33. The first-order valence-corrected chi connectivity index (χ1v) is 4.77. The van der Waals surface area contributed by atoms with E-state index in [-0.39, 0.29) is 12.4 Å². The van der Waals surface area contributed by atoms with Gasteiger partial charge in [0, 0.05) is 13.2 Å². The molecule has 2 aliphatic rings. The Morgan fingerprint density at radius 1 is 1.25 bits per heavy atom. The predicted octanol–water partition coefficient (Wildman–Crippen LogP) is 1.59. The first-order chi connectivity index (χ1) is 5.45. The fraction of sp³-hybridized carbons (Fsp3) is 1.00. The van der Waals surface area contributed by atoms with Crippen molar-refractivity contribution in [3.63, 3.8) is 0 Å². The van der Waals surface area contributed by atoms with Crippen LogP contribution < -0.4 is 5.32 Å². The molecule has 72 valence electrons. The summed E-state index contributed by atoms with van der Waals surface area (Å²) in [6.45, 7) is 3.28. The molecule has 1 atom stereocenters. The van der Waals surface area contributed by atoms with Crippen molar-refractivity contribution in [2.45, 2.75) is 31.8 Å². The van der Waals surface area contributed by atoms with Crippen molar-refractivity contribution in [1.82, 2.24) is 5.32 Å². The lowest BCUT2D eigenvalue weighted by atomic mass is 10.1. The predicted molar refractivity (Wildman–Crippen MR) is 51.8 cm³/mol. The van der Waals surface area contributed by atoms with Gasteiger partial charge in [-0.05, 0) is 38.1 Å². The van der Waals surface area contributed by atoms with Gasteiger partial charge in [0.1, 0.15) is 0 Å². The summed E-state index contributed by atoms with van der Waals surface area (Å²) in [5.74, 6) is 0.914. The summed E-state index contributed by atoms with van der Waals surface area (Å²) in [5, 5.41) is 3.35. The summed E-state index contributed by atoms with van der Waals surface area (Å²) in [7, 11) is 0. The van der Waals surface area contributed by atoms with Gasteiger partial charge in [-0.25, -0.2) is 0 Å². The highest BCUT2D eigenvalue weighted by atomic mass is 35.5.